The second-order valence-corrected chi connectivity index (χ2v) is 9.04. The standard InChI is InChI=1S/C16H29N3O3S/c1-18(2)10-14-11-19(23(3,21)22)12-15(14)17-16(20)9-13-7-5-4-6-8-13/h7,14-15H,4-6,8-12H2,1-3H3,(H,17,20)/t14-,15-/m1/s1. The maximum atomic E-state index is 12.3. The molecular weight excluding hydrogens is 314 g/mol. The molecule has 0 bridgehead atoms. The van der Waals surface area contributed by atoms with Crippen LogP contribution in [-0.4, -0.2) is 69.6 Å². The summed E-state index contributed by atoms with van der Waals surface area (Å²) < 4.78 is 25.1. The predicted octanol–water partition coefficient (Wildman–Crippen LogP) is 0.815. The monoisotopic (exact) mass is 343 g/mol. The minimum atomic E-state index is -3.22. The smallest absolute Gasteiger partial charge is 0.224 e. The number of allylic oxidation sites excluding steroid dienone is 1. The SMILES string of the molecule is CN(C)C[C@@H]1CN(S(C)(=O)=O)C[C@H]1NC(=O)CC1=CCCCC1. The van der Waals surface area contributed by atoms with Gasteiger partial charge in [0.1, 0.15) is 0 Å². The first-order valence-electron chi connectivity index (χ1n) is 8.33. The summed E-state index contributed by atoms with van der Waals surface area (Å²) in [7, 11) is 0.719. The predicted molar refractivity (Wildman–Crippen MR) is 91.6 cm³/mol. The van der Waals surface area contributed by atoms with E-state index < -0.39 is 10.0 Å². The van der Waals surface area contributed by atoms with Crippen LogP contribution in [0.5, 0.6) is 0 Å². The van der Waals surface area contributed by atoms with Crippen molar-refractivity contribution in [2.45, 2.75) is 38.1 Å². The molecule has 1 fully saturated rings. The highest BCUT2D eigenvalue weighted by Gasteiger charge is 2.37. The van der Waals surface area contributed by atoms with Crippen LogP contribution in [-0.2, 0) is 14.8 Å². The fourth-order valence-electron chi connectivity index (χ4n) is 3.45. The van der Waals surface area contributed by atoms with Crippen molar-refractivity contribution in [1.82, 2.24) is 14.5 Å². The van der Waals surface area contributed by atoms with E-state index in [1.54, 1.807) is 0 Å². The van der Waals surface area contributed by atoms with Gasteiger partial charge in [0.05, 0.1) is 6.26 Å². The van der Waals surface area contributed by atoms with Crippen LogP contribution in [0.25, 0.3) is 0 Å². The fraction of sp³-hybridized carbons (Fsp3) is 0.812. The molecule has 0 aromatic carbocycles. The van der Waals surface area contributed by atoms with Crippen LogP contribution >= 0.6 is 0 Å². The maximum Gasteiger partial charge on any atom is 0.224 e. The maximum absolute atomic E-state index is 12.3. The third kappa shape index (κ3) is 5.58. The zero-order valence-corrected chi connectivity index (χ0v) is 15.2. The van der Waals surface area contributed by atoms with Gasteiger partial charge in [-0.05, 0) is 39.8 Å². The Labute approximate surface area is 140 Å². The second kappa shape index (κ2) is 7.77. The van der Waals surface area contributed by atoms with E-state index in [-0.39, 0.29) is 17.9 Å². The molecule has 0 spiro atoms. The molecule has 7 heteroatoms. The molecule has 1 saturated heterocycles. The number of hydrogen-bond donors (Lipinski definition) is 1. The number of rotatable bonds is 6. The summed E-state index contributed by atoms with van der Waals surface area (Å²) in [5.41, 5.74) is 1.22. The van der Waals surface area contributed by atoms with E-state index in [0.717, 1.165) is 25.8 Å². The molecule has 132 valence electrons. The van der Waals surface area contributed by atoms with Crippen LogP contribution < -0.4 is 5.32 Å². The van der Waals surface area contributed by atoms with Crippen LogP contribution in [0.15, 0.2) is 11.6 Å². The van der Waals surface area contributed by atoms with Crippen molar-refractivity contribution in [2.75, 3.05) is 40.0 Å². The molecule has 2 rings (SSSR count). The van der Waals surface area contributed by atoms with Crippen LogP contribution in [0.4, 0.5) is 0 Å². The molecule has 1 N–H and O–H groups in total. The summed E-state index contributed by atoms with van der Waals surface area (Å²) >= 11 is 0. The molecule has 6 nitrogen and oxygen atoms in total. The lowest BCUT2D eigenvalue weighted by Gasteiger charge is -2.23. The van der Waals surface area contributed by atoms with Crippen LogP contribution in [0, 0.1) is 5.92 Å². The van der Waals surface area contributed by atoms with Gasteiger partial charge in [0.2, 0.25) is 15.9 Å². The van der Waals surface area contributed by atoms with E-state index in [1.807, 2.05) is 19.0 Å². The van der Waals surface area contributed by atoms with Gasteiger partial charge in [0.15, 0.2) is 0 Å². The van der Waals surface area contributed by atoms with Gasteiger partial charge >= 0.3 is 0 Å². The molecule has 0 aromatic rings. The van der Waals surface area contributed by atoms with Crippen molar-refractivity contribution in [3.05, 3.63) is 11.6 Å². The van der Waals surface area contributed by atoms with Crippen molar-refractivity contribution >= 4 is 15.9 Å². The number of sulfonamides is 1. The topological polar surface area (TPSA) is 69.7 Å². The fourth-order valence-corrected chi connectivity index (χ4v) is 4.34. The first-order valence-corrected chi connectivity index (χ1v) is 10.2. The number of amides is 1. The lowest BCUT2D eigenvalue weighted by Crippen LogP contribution is -2.43. The summed E-state index contributed by atoms with van der Waals surface area (Å²) in [5.74, 6) is 0.145. The van der Waals surface area contributed by atoms with Gasteiger partial charge in [-0.25, -0.2) is 8.42 Å². The molecule has 2 aliphatic rings. The van der Waals surface area contributed by atoms with E-state index in [1.165, 1.54) is 22.6 Å². The van der Waals surface area contributed by atoms with Gasteiger partial charge in [-0.2, -0.15) is 4.31 Å². The molecule has 0 saturated carbocycles. The highest BCUT2D eigenvalue weighted by Crippen LogP contribution is 2.22. The van der Waals surface area contributed by atoms with Crippen molar-refractivity contribution in [3.8, 4) is 0 Å². The van der Waals surface area contributed by atoms with Gasteiger partial charge in [-0.15, -0.1) is 0 Å². The Kier molecular flexibility index (Phi) is 6.22. The number of nitrogens with one attached hydrogen (secondary N) is 1. The van der Waals surface area contributed by atoms with Crippen LogP contribution in [0.1, 0.15) is 32.1 Å². The van der Waals surface area contributed by atoms with E-state index >= 15 is 0 Å². The highest BCUT2D eigenvalue weighted by molar-refractivity contribution is 7.88. The second-order valence-electron chi connectivity index (χ2n) is 7.06. The molecule has 1 aliphatic carbocycles. The van der Waals surface area contributed by atoms with E-state index in [2.05, 4.69) is 11.4 Å². The number of nitrogens with zero attached hydrogens (tertiary/aromatic N) is 2. The van der Waals surface area contributed by atoms with E-state index in [0.29, 0.717) is 19.5 Å². The summed E-state index contributed by atoms with van der Waals surface area (Å²) in [6.07, 6.45) is 8.31. The summed E-state index contributed by atoms with van der Waals surface area (Å²) in [6.45, 7) is 1.62. The number of hydrogen-bond acceptors (Lipinski definition) is 4. The zero-order valence-electron chi connectivity index (χ0n) is 14.4. The third-order valence-corrected chi connectivity index (χ3v) is 5.83. The Balaban J connectivity index is 1.97. The lowest BCUT2D eigenvalue weighted by atomic mass is 9.96. The van der Waals surface area contributed by atoms with E-state index in [4.69, 9.17) is 0 Å². The lowest BCUT2D eigenvalue weighted by molar-refractivity contribution is -0.121. The Hall–Kier alpha value is -0.920. The van der Waals surface area contributed by atoms with Crippen molar-refractivity contribution in [2.24, 2.45) is 5.92 Å². The summed E-state index contributed by atoms with van der Waals surface area (Å²) in [5, 5.41) is 3.07. The quantitative estimate of drug-likeness (QED) is 0.725. The minimum absolute atomic E-state index is 0.0160. The van der Waals surface area contributed by atoms with Crippen LogP contribution in [0.2, 0.25) is 0 Å². The number of carbonyl (C=O) groups is 1. The molecule has 1 aliphatic heterocycles. The Morgan fingerprint density at radius 2 is 2.09 bits per heavy atom. The first kappa shape index (κ1) is 18.4. The highest BCUT2D eigenvalue weighted by atomic mass is 32.2. The van der Waals surface area contributed by atoms with Gasteiger partial charge in [0.25, 0.3) is 0 Å². The normalized spacial score (nSPS) is 26.3. The van der Waals surface area contributed by atoms with Gasteiger partial charge in [0, 0.05) is 38.0 Å². The van der Waals surface area contributed by atoms with Gasteiger partial charge < -0.3 is 10.2 Å². The van der Waals surface area contributed by atoms with Crippen molar-refractivity contribution in [3.63, 3.8) is 0 Å². The Bertz CT molecular complexity index is 557. The third-order valence-electron chi connectivity index (χ3n) is 4.60. The van der Waals surface area contributed by atoms with Crippen LogP contribution in [0.3, 0.4) is 0 Å². The Morgan fingerprint density at radius 3 is 2.65 bits per heavy atom. The minimum Gasteiger partial charge on any atom is -0.351 e. The average Bonchev–Trinajstić information content (AvgIpc) is 2.82. The largest absolute Gasteiger partial charge is 0.351 e. The van der Waals surface area contributed by atoms with Crippen molar-refractivity contribution in [1.29, 1.82) is 0 Å². The summed E-state index contributed by atoms with van der Waals surface area (Å²) in [4.78, 5) is 14.4. The van der Waals surface area contributed by atoms with E-state index in [9.17, 15) is 13.2 Å². The molecular formula is C16H29N3O3S. The molecule has 1 amide bonds. The molecule has 0 unspecified atom stereocenters. The summed E-state index contributed by atoms with van der Waals surface area (Å²) in [6, 6.07) is -0.108. The van der Waals surface area contributed by atoms with Gasteiger partial charge in [-0.3, -0.25) is 4.79 Å². The van der Waals surface area contributed by atoms with Crippen molar-refractivity contribution < 1.29 is 13.2 Å². The molecule has 2 atom stereocenters. The Morgan fingerprint density at radius 1 is 1.35 bits per heavy atom. The molecule has 1 heterocycles. The molecule has 0 aromatic heterocycles. The zero-order chi connectivity index (χ0) is 17.0. The molecule has 23 heavy (non-hydrogen) atoms. The van der Waals surface area contributed by atoms with Gasteiger partial charge in [-0.1, -0.05) is 11.6 Å². The first-order chi connectivity index (χ1) is 10.8. The average molecular weight is 343 g/mol. The number of carbonyl (C=O) groups excluding carboxylic acids is 1. The molecule has 0 radical (unpaired) electrons.